The van der Waals surface area contributed by atoms with Crippen molar-refractivity contribution in [2.24, 2.45) is 0 Å². The predicted molar refractivity (Wildman–Crippen MR) is 102 cm³/mol. The molecule has 0 aromatic heterocycles. The second-order valence-electron chi connectivity index (χ2n) is 4.98. The van der Waals surface area contributed by atoms with Crippen molar-refractivity contribution in [1.29, 1.82) is 0 Å². The molecule has 0 unspecified atom stereocenters. The fourth-order valence-corrected chi connectivity index (χ4v) is 2.39. The van der Waals surface area contributed by atoms with Gasteiger partial charge in [-0.3, -0.25) is 15.6 Å². The Morgan fingerprint density at radius 1 is 1.09 bits per heavy atom. The van der Waals surface area contributed by atoms with Crippen molar-refractivity contribution in [3.63, 3.8) is 0 Å². The quantitative estimate of drug-likeness (QED) is 0.553. The largest absolute Gasteiger partial charge is 0.378 e. The average Bonchev–Trinajstić information content (AvgIpc) is 2.52. The third-order valence-electron chi connectivity index (χ3n) is 3.02. The van der Waals surface area contributed by atoms with Gasteiger partial charge in [0.1, 0.15) is 0 Å². The zero-order valence-electron chi connectivity index (χ0n) is 12.8. The van der Waals surface area contributed by atoms with Gasteiger partial charge in [0.25, 0.3) is 5.91 Å². The Bertz CT molecular complexity index is 703. The third-order valence-corrected chi connectivity index (χ3v) is 3.72. The van der Waals surface area contributed by atoms with Gasteiger partial charge in [-0.2, -0.15) is 0 Å². The van der Waals surface area contributed by atoms with Crippen LogP contribution in [0.4, 0.5) is 11.4 Å². The molecule has 2 aromatic rings. The molecule has 0 saturated heterocycles. The van der Waals surface area contributed by atoms with Crippen LogP contribution in [0.3, 0.4) is 0 Å². The highest BCUT2D eigenvalue weighted by molar-refractivity contribution is 9.10. The van der Waals surface area contributed by atoms with Gasteiger partial charge in [0.2, 0.25) is 0 Å². The summed E-state index contributed by atoms with van der Waals surface area (Å²) in [6.07, 6.45) is 0. The number of carbonyl (C=O) groups excluding carboxylic acids is 1. The van der Waals surface area contributed by atoms with Crippen LogP contribution in [-0.4, -0.2) is 25.1 Å². The van der Waals surface area contributed by atoms with E-state index < -0.39 is 0 Å². The van der Waals surface area contributed by atoms with Crippen LogP contribution in [0.25, 0.3) is 0 Å². The summed E-state index contributed by atoms with van der Waals surface area (Å²) >= 11 is 8.53. The van der Waals surface area contributed by atoms with Crippen molar-refractivity contribution in [2.45, 2.75) is 0 Å². The minimum Gasteiger partial charge on any atom is -0.378 e. The molecule has 120 valence electrons. The summed E-state index contributed by atoms with van der Waals surface area (Å²) in [7, 11) is 3.89. The summed E-state index contributed by atoms with van der Waals surface area (Å²) in [6, 6.07) is 14.9. The molecule has 3 N–H and O–H groups in total. The number of hydrogen-bond donors (Lipinski definition) is 3. The Kier molecular flexibility index (Phi) is 5.95. The Balaban J connectivity index is 1.87. The van der Waals surface area contributed by atoms with E-state index in [0.717, 1.165) is 15.8 Å². The summed E-state index contributed by atoms with van der Waals surface area (Å²) < 4.78 is 0.940. The lowest BCUT2D eigenvalue weighted by atomic mass is 10.2. The van der Waals surface area contributed by atoms with Crippen LogP contribution in [0.1, 0.15) is 10.4 Å². The first kappa shape index (κ1) is 17.2. The monoisotopic (exact) mass is 392 g/mol. The zero-order chi connectivity index (χ0) is 16.8. The van der Waals surface area contributed by atoms with E-state index in [0.29, 0.717) is 10.7 Å². The van der Waals surface area contributed by atoms with E-state index in [4.69, 9.17) is 12.2 Å². The second-order valence-corrected chi connectivity index (χ2v) is 6.31. The van der Waals surface area contributed by atoms with E-state index in [9.17, 15) is 4.79 Å². The maximum atomic E-state index is 12.1. The molecular weight excluding hydrogens is 376 g/mol. The topological polar surface area (TPSA) is 56.4 Å². The minimum absolute atomic E-state index is 0.256. The highest BCUT2D eigenvalue weighted by Gasteiger charge is 2.06. The van der Waals surface area contributed by atoms with Gasteiger partial charge in [-0.1, -0.05) is 22.0 Å². The molecular formula is C16H17BrN4OS. The van der Waals surface area contributed by atoms with Crippen molar-refractivity contribution in [2.75, 3.05) is 24.3 Å². The molecule has 0 radical (unpaired) electrons. The molecule has 5 nitrogen and oxygen atoms in total. The molecule has 0 bridgehead atoms. The van der Waals surface area contributed by atoms with Crippen LogP contribution < -0.4 is 21.1 Å². The van der Waals surface area contributed by atoms with Gasteiger partial charge in [-0.15, -0.1) is 0 Å². The number of rotatable bonds is 3. The van der Waals surface area contributed by atoms with E-state index in [-0.39, 0.29) is 5.91 Å². The van der Waals surface area contributed by atoms with Crippen LogP contribution in [-0.2, 0) is 0 Å². The number of thiocarbonyl (C=S) groups is 1. The fourth-order valence-electron chi connectivity index (χ4n) is 1.83. The van der Waals surface area contributed by atoms with Crippen LogP contribution in [0, 0.1) is 0 Å². The van der Waals surface area contributed by atoms with Crippen molar-refractivity contribution in [3.8, 4) is 0 Å². The number of benzene rings is 2. The molecule has 0 aliphatic carbocycles. The summed E-state index contributed by atoms with van der Waals surface area (Å²) in [5, 5.41) is 3.29. The highest BCUT2D eigenvalue weighted by Crippen LogP contribution is 2.15. The number of halogens is 1. The Labute approximate surface area is 149 Å². The molecule has 0 atom stereocenters. The number of nitrogens with one attached hydrogen (secondary N) is 3. The molecule has 0 saturated carbocycles. The summed E-state index contributed by atoms with van der Waals surface area (Å²) in [5.41, 5.74) is 7.64. The normalized spacial score (nSPS) is 9.87. The second kappa shape index (κ2) is 7.94. The molecule has 23 heavy (non-hydrogen) atoms. The van der Waals surface area contributed by atoms with Crippen molar-refractivity contribution < 1.29 is 4.79 Å². The van der Waals surface area contributed by atoms with Crippen LogP contribution >= 0.6 is 28.1 Å². The molecule has 0 aliphatic rings. The molecule has 0 spiro atoms. The number of amides is 1. The third kappa shape index (κ3) is 5.22. The Morgan fingerprint density at radius 2 is 1.78 bits per heavy atom. The Hall–Kier alpha value is -2.12. The van der Waals surface area contributed by atoms with E-state index in [2.05, 4.69) is 32.1 Å². The summed E-state index contributed by atoms with van der Waals surface area (Å²) in [4.78, 5) is 14.0. The average molecular weight is 393 g/mol. The van der Waals surface area contributed by atoms with Crippen LogP contribution in [0.2, 0.25) is 0 Å². The molecule has 2 rings (SSSR count). The first-order chi connectivity index (χ1) is 11.0. The molecule has 7 heteroatoms. The van der Waals surface area contributed by atoms with E-state index >= 15 is 0 Å². The molecule has 0 aliphatic heterocycles. The number of hydrogen-bond acceptors (Lipinski definition) is 3. The van der Waals surface area contributed by atoms with Gasteiger partial charge < -0.3 is 10.2 Å². The Morgan fingerprint density at radius 3 is 2.39 bits per heavy atom. The lowest BCUT2D eigenvalue weighted by molar-refractivity contribution is 0.0944. The number of anilines is 2. The van der Waals surface area contributed by atoms with E-state index in [1.54, 1.807) is 12.1 Å². The molecule has 0 fully saturated rings. The van der Waals surface area contributed by atoms with Crippen molar-refractivity contribution >= 4 is 50.5 Å². The van der Waals surface area contributed by atoms with Crippen molar-refractivity contribution in [1.82, 2.24) is 10.9 Å². The van der Waals surface area contributed by atoms with Crippen molar-refractivity contribution in [3.05, 3.63) is 58.6 Å². The molecule has 2 aromatic carbocycles. The van der Waals surface area contributed by atoms with Gasteiger partial charge >= 0.3 is 0 Å². The van der Waals surface area contributed by atoms with Gasteiger partial charge in [0.05, 0.1) is 0 Å². The van der Waals surface area contributed by atoms with Crippen LogP contribution in [0.5, 0.6) is 0 Å². The predicted octanol–water partition coefficient (Wildman–Crippen LogP) is 3.15. The number of hydrazine groups is 1. The maximum Gasteiger partial charge on any atom is 0.269 e. The maximum absolute atomic E-state index is 12.1. The first-order valence-electron chi connectivity index (χ1n) is 6.86. The highest BCUT2D eigenvalue weighted by atomic mass is 79.9. The van der Waals surface area contributed by atoms with Gasteiger partial charge in [0.15, 0.2) is 5.11 Å². The smallest absolute Gasteiger partial charge is 0.269 e. The molecule has 1 amide bonds. The number of nitrogens with zero attached hydrogens (tertiary/aromatic N) is 1. The lowest BCUT2D eigenvalue weighted by Gasteiger charge is -2.14. The molecule has 0 heterocycles. The fraction of sp³-hybridized carbons (Fsp3) is 0.125. The van der Waals surface area contributed by atoms with E-state index in [1.165, 1.54) is 0 Å². The summed E-state index contributed by atoms with van der Waals surface area (Å²) in [6.45, 7) is 0. The summed E-state index contributed by atoms with van der Waals surface area (Å²) in [5.74, 6) is -0.256. The van der Waals surface area contributed by atoms with Gasteiger partial charge in [-0.25, -0.2) is 0 Å². The van der Waals surface area contributed by atoms with Gasteiger partial charge in [-0.05, 0) is 54.7 Å². The standard InChI is InChI=1S/C16H17BrN4OS/c1-21(2)14-8-6-11(7-9-14)15(22)19-20-16(23)18-13-5-3-4-12(17)10-13/h3-10H,1-2H3,(H,19,22)(H2,18,20,23). The zero-order valence-corrected chi connectivity index (χ0v) is 15.2. The SMILES string of the molecule is CN(C)c1ccc(C(=O)NNC(=S)Nc2cccc(Br)c2)cc1. The first-order valence-corrected chi connectivity index (χ1v) is 8.06. The van der Waals surface area contributed by atoms with Gasteiger partial charge in [0, 0.05) is 35.5 Å². The lowest BCUT2D eigenvalue weighted by Crippen LogP contribution is -2.43. The van der Waals surface area contributed by atoms with E-state index in [1.807, 2.05) is 55.4 Å². The van der Waals surface area contributed by atoms with Crippen LogP contribution in [0.15, 0.2) is 53.0 Å². The number of carbonyl (C=O) groups is 1. The minimum atomic E-state index is -0.256.